The number of halogens is 1. The molecule has 0 spiro atoms. The van der Waals surface area contributed by atoms with Gasteiger partial charge in [0.1, 0.15) is 0 Å². The highest BCUT2D eigenvalue weighted by Gasteiger charge is 2.11. The zero-order valence-corrected chi connectivity index (χ0v) is 12.3. The van der Waals surface area contributed by atoms with Gasteiger partial charge in [0.15, 0.2) is 11.0 Å². The Balaban J connectivity index is 2.09. The van der Waals surface area contributed by atoms with Crippen LogP contribution in [0.5, 0.6) is 0 Å². The topological polar surface area (TPSA) is 29.0 Å². The number of thiophene rings is 1. The van der Waals surface area contributed by atoms with Gasteiger partial charge in [0.2, 0.25) is 0 Å². The second-order valence-corrected chi connectivity index (χ2v) is 5.65. The molecule has 0 bridgehead atoms. The minimum atomic E-state index is 0.478. The Labute approximate surface area is 116 Å². The van der Waals surface area contributed by atoms with E-state index in [4.69, 9.17) is 11.6 Å². The lowest BCUT2D eigenvalue weighted by molar-refractivity contribution is 0.854. The van der Waals surface area contributed by atoms with Gasteiger partial charge in [-0.25, -0.2) is 9.97 Å². The average Bonchev–Trinajstić information content (AvgIpc) is 2.84. The van der Waals surface area contributed by atoms with Crippen LogP contribution in [0.25, 0.3) is 0 Å². The first-order valence-electron chi connectivity index (χ1n) is 5.82. The summed E-state index contributed by atoms with van der Waals surface area (Å²) < 4.78 is 0. The molecule has 0 aromatic carbocycles. The second-order valence-electron chi connectivity index (χ2n) is 4.26. The molecule has 0 unspecified atom stereocenters. The maximum Gasteiger partial charge on any atom is 0.171 e. The summed E-state index contributed by atoms with van der Waals surface area (Å²) in [7, 11) is 2.00. The zero-order chi connectivity index (χ0) is 13.1. The smallest absolute Gasteiger partial charge is 0.171 e. The van der Waals surface area contributed by atoms with E-state index in [2.05, 4.69) is 32.4 Å². The van der Waals surface area contributed by atoms with Crippen LogP contribution in [0, 0.1) is 13.8 Å². The van der Waals surface area contributed by atoms with E-state index in [-0.39, 0.29) is 0 Å². The van der Waals surface area contributed by atoms with Crippen molar-refractivity contribution >= 4 is 28.8 Å². The van der Waals surface area contributed by atoms with Gasteiger partial charge in [0.05, 0.1) is 11.4 Å². The molecule has 2 aromatic heterocycles. The van der Waals surface area contributed by atoms with Gasteiger partial charge in [-0.2, -0.15) is 0 Å². The average molecular weight is 282 g/mol. The predicted octanol–water partition coefficient (Wildman–Crippen LogP) is 3.49. The van der Waals surface area contributed by atoms with Crippen molar-refractivity contribution in [3.8, 4) is 0 Å². The summed E-state index contributed by atoms with van der Waals surface area (Å²) in [5.74, 6) is 0.760. The minimum Gasteiger partial charge on any atom is -0.357 e. The Morgan fingerprint density at radius 1 is 1.28 bits per heavy atom. The number of nitrogens with zero attached hydrogens (tertiary/aromatic N) is 3. The molecule has 0 fully saturated rings. The Morgan fingerprint density at radius 2 is 2.00 bits per heavy atom. The van der Waals surface area contributed by atoms with Crippen molar-refractivity contribution in [2.75, 3.05) is 18.5 Å². The van der Waals surface area contributed by atoms with E-state index < -0.39 is 0 Å². The third-order valence-electron chi connectivity index (χ3n) is 2.88. The van der Waals surface area contributed by atoms with Crippen LogP contribution in [-0.4, -0.2) is 23.6 Å². The van der Waals surface area contributed by atoms with E-state index in [1.807, 2.05) is 20.9 Å². The molecular weight excluding hydrogens is 266 g/mol. The van der Waals surface area contributed by atoms with Crippen LogP contribution in [-0.2, 0) is 6.42 Å². The summed E-state index contributed by atoms with van der Waals surface area (Å²) in [5, 5.41) is 2.57. The molecule has 0 aliphatic heterocycles. The van der Waals surface area contributed by atoms with Gasteiger partial charge in [0, 0.05) is 18.5 Å². The maximum atomic E-state index is 6.14. The van der Waals surface area contributed by atoms with E-state index >= 15 is 0 Å². The van der Waals surface area contributed by atoms with Crippen molar-refractivity contribution in [3.63, 3.8) is 0 Å². The predicted molar refractivity (Wildman–Crippen MR) is 77.8 cm³/mol. The van der Waals surface area contributed by atoms with Gasteiger partial charge in [-0.05, 0) is 31.7 Å². The first-order valence-corrected chi connectivity index (χ1v) is 7.08. The van der Waals surface area contributed by atoms with Gasteiger partial charge in [0.25, 0.3) is 0 Å². The molecule has 2 rings (SSSR count). The van der Waals surface area contributed by atoms with Crippen LogP contribution >= 0.6 is 22.9 Å². The fraction of sp³-hybridized carbons (Fsp3) is 0.385. The molecule has 2 heterocycles. The SMILES string of the molecule is Cc1nc(Cl)c(N(C)CCc2cccs2)nc1C. The molecule has 3 nitrogen and oxygen atoms in total. The monoisotopic (exact) mass is 281 g/mol. The Morgan fingerprint density at radius 3 is 2.67 bits per heavy atom. The quantitative estimate of drug-likeness (QED) is 0.859. The van der Waals surface area contributed by atoms with Crippen LogP contribution in [0.1, 0.15) is 16.3 Å². The van der Waals surface area contributed by atoms with Crippen LogP contribution < -0.4 is 4.90 Å². The van der Waals surface area contributed by atoms with Gasteiger partial charge in [-0.15, -0.1) is 11.3 Å². The third-order valence-corrected chi connectivity index (χ3v) is 4.07. The van der Waals surface area contributed by atoms with E-state index in [0.717, 1.165) is 30.2 Å². The molecule has 0 aliphatic carbocycles. The number of hydrogen-bond donors (Lipinski definition) is 0. The molecule has 18 heavy (non-hydrogen) atoms. The highest BCUT2D eigenvalue weighted by atomic mass is 35.5. The molecule has 0 aliphatic rings. The normalized spacial score (nSPS) is 10.7. The van der Waals surface area contributed by atoms with Gasteiger partial charge in [-0.1, -0.05) is 17.7 Å². The Bertz CT molecular complexity index is 525. The summed E-state index contributed by atoms with van der Waals surface area (Å²) in [5.41, 5.74) is 1.81. The fourth-order valence-corrected chi connectivity index (χ4v) is 2.66. The summed E-state index contributed by atoms with van der Waals surface area (Å²) in [6.45, 7) is 4.76. The van der Waals surface area contributed by atoms with E-state index in [0.29, 0.717) is 5.15 Å². The molecule has 0 atom stereocenters. The number of anilines is 1. The van der Waals surface area contributed by atoms with Crippen LogP contribution in [0.4, 0.5) is 5.82 Å². The minimum absolute atomic E-state index is 0.478. The number of aromatic nitrogens is 2. The fourth-order valence-electron chi connectivity index (χ4n) is 1.65. The lowest BCUT2D eigenvalue weighted by atomic mass is 10.3. The number of rotatable bonds is 4. The van der Waals surface area contributed by atoms with Crippen molar-refractivity contribution in [3.05, 3.63) is 38.9 Å². The van der Waals surface area contributed by atoms with Gasteiger partial charge < -0.3 is 4.90 Å². The van der Waals surface area contributed by atoms with Crippen molar-refractivity contribution in [1.82, 2.24) is 9.97 Å². The number of aryl methyl sites for hydroxylation is 2. The first-order chi connectivity index (χ1) is 8.58. The zero-order valence-electron chi connectivity index (χ0n) is 10.8. The summed E-state index contributed by atoms with van der Waals surface area (Å²) in [6.07, 6.45) is 0.999. The maximum absolute atomic E-state index is 6.14. The first kappa shape index (κ1) is 13.3. The third kappa shape index (κ3) is 3.00. The molecule has 0 N–H and O–H groups in total. The van der Waals surface area contributed by atoms with Gasteiger partial charge in [-0.3, -0.25) is 0 Å². The molecule has 0 saturated carbocycles. The van der Waals surface area contributed by atoms with Gasteiger partial charge >= 0.3 is 0 Å². The van der Waals surface area contributed by atoms with Crippen LogP contribution in [0.2, 0.25) is 5.15 Å². The number of hydrogen-bond acceptors (Lipinski definition) is 4. The lowest BCUT2D eigenvalue weighted by Gasteiger charge is -2.19. The van der Waals surface area contributed by atoms with Crippen molar-refractivity contribution < 1.29 is 0 Å². The van der Waals surface area contributed by atoms with Crippen LogP contribution in [0.3, 0.4) is 0 Å². The highest BCUT2D eigenvalue weighted by molar-refractivity contribution is 7.09. The molecule has 2 aromatic rings. The summed E-state index contributed by atoms with van der Waals surface area (Å²) in [6, 6.07) is 4.22. The Kier molecular flexibility index (Phi) is 4.19. The molecular formula is C13H16ClN3S. The van der Waals surface area contributed by atoms with E-state index in [1.54, 1.807) is 11.3 Å². The van der Waals surface area contributed by atoms with E-state index in [9.17, 15) is 0 Å². The standard InChI is InChI=1S/C13H16ClN3S/c1-9-10(2)16-13(12(14)15-9)17(3)7-6-11-5-4-8-18-11/h4-5,8H,6-7H2,1-3H3. The lowest BCUT2D eigenvalue weighted by Crippen LogP contribution is -2.22. The summed E-state index contributed by atoms with van der Waals surface area (Å²) >= 11 is 7.92. The van der Waals surface area contributed by atoms with E-state index in [1.165, 1.54) is 4.88 Å². The molecule has 0 saturated heterocycles. The van der Waals surface area contributed by atoms with Crippen molar-refractivity contribution in [2.24, 2.45) is 0 Å². The highest BCUT2D eigenvalue weighted by Crippen LogP contribution is 2.22. The molecule has 0 amide bonds. The molecule has 96 valence electrons. The largest absolute Gasteiger partial charge is 0.357 e. The molecule has 5 heteroatoms. The molecule has 0 radical (unpaired) electrons. The van der Waals surface area contributed by atoms with Crippen LogP contribution in [0.15, 0.2) is 17.5 Å². The summed E-state index contributed by atoms with van der Waals surface area (Å²) in [4.78, 5) is 12.2. The number of likely N-dealkylation sites (N-methyl/N-ethyl adjacent to an activating group) is 1. The Hall–Kier alpha value is -1.13. The van der Waals surface area contributed by atoms with Crippen molar-refractivity contribution in [1.29, 1.82) is 0 Å². The van der Waals surface area contributed by atoms with Crippen molar-refractivity contribution in [2.45, 2.75) is 20.3 Å². The second kappa shape index (κ2) is 5.67.